The molecule has 1 atom stereocenters. The van der Waals surface area contributed by atoms with E-state index in [1.807, 2.05) is 0 Å². The largest absolute Gasteiger partial charge is 0.500 e. The zero-order valence-corrected chi connectivity index (χ0v) is 12.2. The molecule has 1 unspecified atom stereocenters. The zero-order chi connectivity index (χ0) is 14.7. The van der Waals surface area contributed by atoms with E-state index in [2.05, 4.69) is 22.1 Å². The highest BCUT2D eigenvalue weighted by molar-refractivity contribution is 5.93. The van der Waals surface area contributed by atoms with E-state index in [1.165, 1.54) is 0 Å². The van der Waals surface area contributed by atoms with Gasteiger partial charge in [0.25, 0.3) is 5.91 Å². The summed E-state index contributed by atoms with van der Waals surface area (Å²) in [5.74, 6) is 1.53. The fourth-order valence-electron chi connectivity index (χ4n) is 2.54. The Morgan fingerprint density at radius 2 is 2.43 bits per heavy atom. The number of aryl methyl sites for hydroxylation is 1. The molecule has 3 heterocycles. The van der Waals surface area contributed by atoms with Gasteiger partial charge in [0.05, 0.1) is 31.6 Å². The van der Waals surface area contributed by atoms with Gasteiger partial charge in [0, 0.05) is 19.4 Å². The van der Waals surface area contributed by atoms with E-state index in [0.29, 0.717) is 38.5 Å². The molecule has 1 N–H and O–H groups in total. The van der Waals surface area contributed by atoms with E-state index in [0.717, 1.165) is 24.2 Å². The molecule has 21 heavy (non-hydrogen) atoms. The number of nitrogens with zero attached hydrogens (tertiary/aromatic N) is 3. The fraction of sp³-hybridized carbons (Fsp3) is 0.643. The van der Waals surface area contributed by atoms with Gasteiger partial charge in [-0.15, -0.1) is 0 Å². The minimum Gasteiger partial charge on any atom is -0.500 e. The van der Waals surface area contributed by atoms with Crippen LogP contribution in [0.1, 0.15) is 37.5 Å². The number of H-pyrrole nitrogens is 1. The standard InChI is InChI=1S/C14H20N4O3/c1-2-3-12-15-13(17-16-12)11-8-18(5-7-21-11)14(19)10-4-6-20-9-10/h9,11H,2-8H2,1H3,(H,15,16,17). The van der Waals surface area contributed by atoms with Crippen molar-refractivity contribution in [3.05, 3.63) is 23.5 Å². The Kier molecular flexibility index (Phi) is 4.19. The van der Waals surface area contributed by atoms with E-state index in [1.54, 1.807) is 11.2 Å². The molecule has 7 nitrogen and oxygen atoms in total. The quantitative estimate of drug-likeness (QED) is 0.894. The molecular weight excluding hydrogens is 272 g/mol. The first-order chi connectivity index (χ1) is 10.3. The van der Waals surface area contributed by atoms with Gasteiger partial charge < -0.3 is 14.4 Å². The number of nitrogens with one attached hydrogen (secondary N) is 1. The molecule has 1 saturated heterocycles. The maximum absolute atomic E-state index is 12.4. The second kappa shape index (κ2) is 6.26. The summed E-state index contributed by atoms with van der Waals surface area (Å²) in [6.07, 6.45) is 3.87. The number of aromatic amines is 1. The number of morpholine rings is 1. The van der Waals surface area contributed by atoms with Gasteiger partial charge in [-0.05, 0) is 6.42 Å². The summed E-state index contributed by atoms with van der Waals surface area (Å²) in [6, 6.07) is 0. The Morgan fingerprint density at radius 3 is 3.19 bits per heavy atom. The number of carbonyl (C=O) groups excluding carboxylic acids is 1. The van der Waals surface area contributed by atoms with Crippen LogP contribution in [0.15, 0.2) is 11.8 Å². The van der Waals surface area contributed by atoms with Crippen molar-refractivity contribution in [1.82, 2.24) is 20.1 Å². The van der Waals surface area contributed by atoms with Crippen LogP contribution in [0.4, 0.5) is 0 Å². The molecule has 1 aromatic heterocycles. The molecule has 0 saturated carbocycles. The topological polar surface area (TPSA) is 80.3 Å². The highest BCUT2D eigenvalue weighted by Gasteiger charge is 2.30. The van der Waals surface area contributed by atoms with Gasteiger partial charge >= 0.3 is 0 Å². The summed E-state index contributed by atoms with van der Waals surface area (Å²) < 4.78 is 10.8. The van der Waals surface area contributed by atoms with Crippen molar-refractivity contribution in [3.8, 4) is 0 Å². The number of ether oxygens (including phenoxy) is 2. The third-order valence-electron chi connectivity index (χ3n) is 3.67. The lowest BCUT2D eigenvalue weighted by atomic mass is 10.1. The van der Waals surface area contributed by atoms with E-state index >= 15 is 0 Å². The number of aromatic nitrogens is 3. The second-order valence-electron chi connectivity index (χ2n) is 5.26. The summed E-state index contributed by atoms with van der Waals surface area (Å²) in [5.41, 5.74) is 0.734. The molecule has 1 aromatic rings. The molecule has 0 bridgehead atoms. The summed E-state index contributed by atoms with van der Waals surface area (Å²) in [5, 5.41) is 7.14. The average molecular weight is 292 g/mol. The Balaban J connectivity index is 1.65. The highest BCUT2D eigenvalue weighted by atomic mass is 16.5. The first-order valence-electron chi connectivity index (χ1n) is 7.40. The minimum atomic E-state index is -0.257. The Morgan fingerprint density at radius 1 is 1.52 bits per heavy atom. The highest BCUT2D eigenvalue weighted by Crippen LogP contribution is 2.22. The lowest BCUT2D eigenvalue weighted by Crippen LogP contribution is -2.43. The summed E-state index contributed by atoms with van der Waals surface area (Å²) >= 11 is 0. The van der Waals surface area contributed by atoms with E-state index in [-0.39, 0.29) is 12.0 Å². The molecule has 0 spiro atoms. The van der Waals surface area contributed by atoms with Crippen LogP contribution in [0.3, 0.4) is 0 Å². The molecule has 3 rings (SSSR count). The van der Waals surface area contributed by atoms with E-state index in [9.17, 15) is 4.79 Å². The van der Waals surface area contributed by atoms with Crippen LogP contribution in [-0.4, -0.2) is 52.3 Å². The van der Waals surface area contributed by atoms with Gasteiger partial charge in [0.15, 0.2) is 5.82 Å². The van der Waals surface area contributed by atoms with Crippen molar-refractivity contribution in [2.75, 3.05) is 26.3 Å². The summed E-state index contributed by atoms with van der Waals surface area (Å²) in [4.78, 5) is 18.6. The van der Waals surface area contributed by atoms with Crippen LogP contribution >= 0.6 is 0 Å². The number of rotatable bonds is 4. The second-order valence-corrected chi connectivity index (χ2v) is 5.26. The van der Waals surface area contributed by atoms with Crippen molar-refractivity contribution in [2.24, 2.45) is 0 Å². The van der Waals surface area contributed by atoms with Gasteiger partial charge in [-0.25, -0.2) is 4.98 Å². The molecule has 2 aliphatic heterocycles. The predicted octanol–water partition coefficient (Wildman–Crippen LogP) is 0.961. The van der Waals surface area contributed by atoms with E-state index < -0.39 is 0 Å². The van der Waals surface area contributed by atoms with Crippen molar-refractivity contribution >= 4 is 5.91 Å². The number of hydrogen-bond acceptors (Lipinski definition) is 5. The van der Waals surface area contributed by atoms with Gasteiger partial charge in [-0.1, -0.05) is 6.92 Å². The predicted molar refractivity (Wildman–Crippen MR) is 74.3 cm³/mol. The molecule has 1 fully saturated rings. The van der Waals surface area contributed by atoms with Gasteiger partial charge in [0.2, 0.25) is 0 Å². The third kappa shape index (κ3) is 3.07. The van der Waals surface area contributed by atoms with Crippen LogP contribution < -0.4 is 0 Å². The molecule has 2 aliphatic rings. The molecule has 0 aliphatic carbocycles. The molecule has 114 valence electrons. The van der Waals surface area contributed by atoms with Crippen LogP contribution in [-0.2, 0) is 20.7 Å². The summed E-state index contributed by atoms with van der Waals surface area (Å²) in [7, 11) is 0. The Hall–Kier alpha value is -1.89. The van der Waals surface area contributed by atoms with Crippen molar-refractivity contribution in [2.45, 2.75) is 32.3 Å². The smallest absolute Gasteiger partial charge is 0.253 e. The van der Waals surface area contributed by atoms with E-state index in [4.69, 9.17) is 9.47 Å². The maximum Gasteiger partial charge on any atom is 0.253 e. The Labute approximate surface area is 123 Å². The van der Waals surface area contributed by atoms with Crippen LogP contribution in [0.25, 0.3) is 0 Å². The minimum absolute atomic E-state index is 0.0325. The Bertz CT molecular complexity index is 540. The molecule has 0 radical (unpaired) electrons. The van der Waals surface area contributed by atoms with Gasteiger partial charge in [-0.3, -0.25) is 9.89 Å². The van der Waals surface area contributed by atoms with Crippen molar-refractivity contribution < 1.29 is 14.3 Å². The van der Waals surface area contributed by atoms with Crippen molar-refractivity contribution in [1.29, 1.82) is 0 Å². The van der Waals surface area contributed by atoms with Crippen LogP contribution in [0.5, 0.6) is 0 Å². The maximum atomic E-state index is 12.4. The van der Waals surface area contributed by atoms with Gasteiger partial charge in [0.1, 0.15) is 11.9 Å². The lowest BCUT2D eigenvalue weighted by molar-refractivity contribution is -0.135. The third-order valence-corrected chi connectivity index (χ3v) is 3.67. The van der Waals surface area contributed by atoms with Crippen LogP contribution in [0.2, 0.25) is 0 Å². The summed E-state index contributed by atoms with van der Waals surface area (Å²) in [6.45, 7) is 4.27. The monoisotopic (exact) mass is 292 g/mol. The molecule has 0 aromatic carbocycles. The average Bonchev–Trinajstić information content (AvgIpc) is 3.18. The first-order valence-corrected chi connectivity index (χ1v) is 7.40. The van der Waals surface area contributed by atoms with Gasteiger partial charge in [-0.2, -0.15) is 5.10 Å². The molecular formula is C14H20N4O3. The first kappa shape index (κ1) is 14.1. The lowest BCUT2D eigenvalue weighted by Gasteiger charge is -2.31. The number of carbonyl (C=O) groups is 1. The number of hydrogen-bond donors (Lipinski definition) is 1. The molecule has 7 heteroatoms. The zero-order valence-electron chi connectivity index (χ0n) is 12.2. The number of amides is 1. The molecule has 1 amide bonds. The van der Waals surface area contributed by atoms with Crippen LogP contribution in [0, 0.1) is 0 Å². The SMILES string of the molecule is CCCc1nc(C2CN(C(=O)C3=COCC3)CCO2)n[nH]1. The van der Waals surface area contributed by atoms with Crippen molar-refractivity contribution in [3.63, 3.8) is 0 Å². The fourth-order valence-corrected chi connectivity index (χ4v) is 2.54. The normalized spacial score (nSPS) is 22.0.